The maximum Gasteiger partial charge on any atom is 0.441 e. The van der Waals surface area contributed by atoms with Gasteiger partial charge < -0.3 is 15.6 Å². The molecule has 0 aromatic carbocycles. The molecular weight excluding hydrogens is 292 g/mol. The van der Waals surface area contributed by atoms with Crippen LogP contribution in [0.4, 0.5) is 0 Å². The summed E-state index contributed by atoms with van der Waals surface area (Å²) < 4.78 is 4.95. The van der Waals surface area contributed by atoms with Crippen LogP contribution in [0.15, 0.2) is 5.11 Å². The Balaban J connectivity index is 2.60. The fourth-order valence-corrected chi connectivity index (χ4v) is 1.79. The number of amides is 1. The standard InChI is InChI=1S/C12H16N6O4/c1-12(2,3)22-11(21)9(16-13)7(19)5-4-6-8(17-18-14)10(20)15-6/h6,8H,4-5H2,1-3H3,(H,15,20)/t6-,8-/m0/s1. The molecule has 0 unspecified atom stereocenters. The van der Waals surface area contributed by atoms with E-state index in [9.17, 15) is 14.4 Å². The van der Waals surface area contributed by atoms with E-state index in [1.165, 1.54) is 0 Å². The number of azide groups is 1. The van der Waals surface area contributed by atoms with Crippen LogP contribution in [0, 0.1) is 0 Å². The molecule has 1 aliphatic rings. The zero-order chi connectivity index (χ0) is 16.9. The highest BCUT2D eigenvalue weighted by molar-refractivity contribution is 6.62. The Hall–Kier alpha value is -2.70. The van der Waals surface area contributed by atoms with Crippen molar-refractivity contribution in [2.24, 2.45) is 5.11 Å². The predicted octanol–water partition coefficient (Wildman–Crippen LogP) is 0.526. The van der Waals surface area contributed by atoms with Gasteiger partial charge in [-0.3, -0.25) is 9.59 Å². The number of nitrogens with one attached hydrogen (secondary N) is 1. The smallest absolute Gasteiger partial charge is 0.441 e. The molecule has 1 N–H and O–H groups in total. The third-order valence-electron chi connectivity index (χ3n) is 2.79. The molecule has 1 fully saturated rings. The lowest BCUT2D eigenvalue weighted by Gasteiger charge is -2.33. The van der Waals surface area contributed by atoms with Crippen LogP contribution in [0.2, 0.25) is 0 Å². The molecule has 10 heteroatoms. The summed E-state index contributed by atoms with van der Waals surface area (Å²) in [6.07, 6.45) is -0.0168. The van der Waals surface area contributed by atoms with Gasteiger partial charge in [0, 0.05) is 17.4 Å². The molecule has 1 aliphatic heterocycles. The van der Waals surface area contributed by atoms with Crippen molar-refractivity contribution in [1.29, 1.82) is 0 Å². The van der Waals surface area contributed by atoms with Gasteiger partial charge in [0.1, 0.15) is 11.6 Å². The van der Waals surface area contributed by atoms with Crippen molar-refractivity contribution in [1.82, 2.24) is 5.32 Å². The first-order chi connectivity index (χ1) is 10.2. The maximum atomic E-state index is 11.9. The summed E-state index contributed by atoms with van der Waals surface area (Å²) in [5.74, 6) is -2.17. The molecule has 1 heterocycles. The van der Waals surface area contributed by atoms with E-state index in [1.807, 2.05) is 0 Å². The molecule has 0 aliphatic carbocycles. The van der Waals surface area contributed by atoms with Crippen LogP contribution >= 0.6 is 0 Å². The Morgan fingerprint density at radius 1 is 1.36 bits per heavy atom. The molecule has 0 spiro atoms. The molecule has 0 aromatic rings. The Kier molecular flexibility index (Phi) is 5.39. The van der Waals surface area contributed by atoms with E-state index in [-0.39, 0.29) is 12.8 Å². The minimum Gasteiger partial charge on any atom is -0.451 e. The van der Waals surface area contributed by atoms with E-state index in [4.69, 9.17) is 15.8 Å². The molecule has 0 aromatic heterocycles. The normalized spacial score (nSPS) is 19.9. The Morgan fingerprint density at radius 3 is 2.45 bits per heavy atom. The van der Waals surface area contributed by atoms with Crippen molar-refractivity contribution in [2.45, 2.75) is 51.3 Å². The largest absolute Gasteiger partial charge is 0.451 e. The number of carbonyl (C=O) groups excluding carboxylic acids is 3. The van der Waals surface area contributed by atoms with E-state index in [1.54, 1.807) is 20.8 Å². The first kappa shape index (κ1) is 17.4. The van der Waals surface area contributed by atoms with Crippen LogP contribution in [-0.2, 0) is 19.1 Å². The van der Waals surface area contributed by atoms with E-state index >= 15 is 0 Å². The summed E-state index contributed by atoms with van der Waals surface area (Å²) >= 11 is 0. The molecule has 0 radical (unpaired) electrons. The fourth-order valence-electron chi connectivity index (χ4n) is 1.79. The zero-order valence-corrected chi connectivity index (χ0v) is 12.4. The van der Waals surface area contributed by atoms with Gasteiger partial charge in [-0.15, -0.1) is 0 Å². The van der Waals surface area contributed by atoms with Gasteiger partial charge in [-0.1, -0.05) is 5.11 Å². The van der Waals surface area contributed by atoms with Crippen molar-refractivity contribution < 1.29 is 23.9 Å². The van der Waals surface area contributed by atoms with Gasteiger partial charge in [0.2, 0.25) is 5.91 Å². The SMILES string of the molecule is CC(C)(C)OC(=O)C(=[N+]=[N-])C(=O)CC[C@@H]1NC(=O)[C@H]1N=[N+]=[N-]. The maximum absolute atomic E-state index is 11.9. The van der Waals surface area contributed by atoms with Crippen molar-refractivity contribution in [2.75, 3.05) is 0 Å². The lowest BCUT2D eigenvalue weighted by atomic mass is 9.93. The van der Waals surface area contributed by atoms with Crippen LogP contribution < -0.4 is 5.32 Å². The number of Topliss-reactive ketones (excluding diaryl/α,β-unsaturated/α-hetero) is 1. The first-order valence-corrected chi connectivity index (χ1v) is 6.52. The van der Waals surface area contributed by atoms with E-state index in [0.717, 1.165) is 0 Å². The summed E-state index contributed by atoms with van der Waals surface area (Å²) in [5.41, 5.74) is 15.6. The predicted molar refractivity (Wildman–Crippen MR) is 73.6 cm³/mol. The highest BCUT2D eigenvalue weighted by Gasteiger charge is 2.40. The lowest BCUT2D eigenvalue weighted by molar-refractivity contribution is -0.152. The van der Waals surface area contributed by atoms with Crippen LogP contribution in [0.5, 0.6) is 0 Å². The second-order valence-corrected chi connectivity index (χ2v) is 5.68. The van der Waals surface area contributed by atoms with Crippen LogP contribution in [0.3, 0.4) is 0 Å². The van der Waals surface area contributed by atoms with Crippen molar-refractivity contribution in [3.63, 3.8) is 0 Å². The molecule has 1 rings (SSSR count). The average Bonchev–Trinajstić information content (AvgIpc) is 2.39. The molecule has 0 saturated carbocycles. The van der Waals surface area contributed by atoms with Crippen molar-refractivity contribution in [3.8, 4) is 0 Å². The van der Waals surface area contributed by atoms with Crippen LogP contribution in [-0.4, -0.2) is 45.8 Å². The molecule has 118 valence electrons. The van der Waals surface area contributed by atoms with Crippen LogP contribution in [0.1, 0.15) is 33.6 Å². The third kappa shape index (κ3) is 4.41. The van der Waals surface area contributed by atoms with E-state index < -0.39 is 41.1 Å². The van der Waals surface area contributed by atoms with Gasteiger partial charge in [-0.25, -0.2) is 4.79 Å². The number of nitrogens with zero attached hydrogens (tertiary/aromatic N) is 5. The summed E-state index contributed by atoms with van der Waals surface area (Å²) in [5, 5.41) is 5.79. The highest BCUT2D eigenvalue weighted by Crippen LogP contribution is 2.16. The molecule has 0 bridgehead atoms. The van der Waals surface area contributed by atoms with E-state index in [0.29, 0.717) is 0 Å². The number of ketones is 1. The minimum absolute atomic E-state index is 0.149. The number of rotatable bonds is 6. The number of esters is 1. The second kappa shape index (κ2) is 6.84. The van der Waals surface area contributed by atoms with Gasteiger partial charge >= 0.3 is 11.7 Å². The molecule has 1 amide bonds. The number of hydrogen-bond acceptors (Lipinski definition) is 5. The molecular formula is C12H16N6O4. The fraction of sp³-hybridized carbons (Fsp3) is 0.667. The number of ether oxygens (including phenoxy) is 1. The summed E-state index contributed by atoms with van der Waals surface area (Å²) in [6.45, 7) is 4.83. The van der Waals surface area contributed by atoms with Gasteiger partial charge in [0.05, 0.1) is 0 Å². The number of β-lactam (4-membered cyclic amide) rings is 1. The zero-order valence-electron chi connectivity index (χ0n) is 12.4. The third-order valence-corrected chi connectivity index (χ3v) is 2.79. The Labute approximate surface area is 126 Å². The quantitative estimate of drug-likeness (QED) is 0.144. The van der Waals surface area contributed by atoms with E-state index in [2.05, 4.69) is 20.1 Å². The number of carbonyl (C=O) groups is 3. The lowest BCUT2D eigenvalue weighted by Crippen LogP contribution is -2.61. The minimum atomic E-state index is -1.02. The highest BCUT2D eigenvalue weighted by atomic mass is 16.6. The number of hydrogen-bond donors (Lipinski definition) is 1. The Morgan fingerprint density at radius 2 is 2.00 bits per heavy atom. The van der Waals surface area contributed by atoms with Gasteiger partial charge in [-0.05, 0) is 32.7 Å². The molecule has 10 nitrogen and oxygen atoms in total. The molecule has 1 saturated heterocycles. The average molecular weight is 308 g/mol. The van der Waals surface area contributed by atoms with Crippen molar-refractivity contribution in [3.05, 3.63) is 16.0 Å². The van der Waals surface area contributed by atoms with Gasteiger partial charge in [-0.2, -0.15) is 4.79 Å². The Bertz CT molecular complexity index is 593. The van der Waals surface area contributed by atoms with Gasteiger partial charge in [0.15, 0.2) is 0 Å². The van der Waals surface area contributed by atoms with Crippen LogP contribution in [0.25, 0.3) is 16.0 Å². The second-order valence-electron chi connectivity index (χ2n) is 5.68. The molecule has 2 atom stereocenters. The summed E-state index contributed by atoms with van der Waals surface area (Å²) in [4.78, 5) is 40.0. The summed E-state index contributed by atoms with van der Waals surface area (Å²) in [6, 6.07) is -1.35. The monoisotopic (exact) mass is 308 g/mol. The summed E-state index contributed by atoms with van der Waals surface area (Å²) in [7, 11) is 0. The first-order valence-electron chi connectivity index (χ1n) is 6.52. The topological polar surface area (TPSA) is 158 Å². The van der Waals surface area contributed by atoms with Crippen molar-refractivity contribution >= 4 is 23.4 Å². The molecule has 22 heavy (non-hydrogen) atoms. The van der Waals surface area contributed by atoms with Gasteiger partial charge in [0.25, 0.3) is 5.78 Å².